The summed E-state index contributed by atoms with van der Waals surface area (Å²) in [6.45, 7) is 4.71. The van der Waals surface area contributed by atoms with Crippen LogP contribution in [-0.2, 0) is 11.3 Å². The molecule has 0 unspecified atom stereocenters. The van der Waals surface area contributed by atoms with E-state index in [1.54, 1.807) is 19.2 Å². The molecule has 0 atom stereocenters. The molecule has 1 N–H and O–H groups in total. The molecule has 0 aliphatic rings. The van der Waals surface area contributed by atoms with Crippen molar-refractivity contribution in [3.8, 4) is 5.75 Å². The maximum Gasteiger partial charge on any atom is 0.264 e. The number of rotatable bonds is 8. The summed E-state index contributed by atoms with van der Waals surface area (Å²) in [6.07, 6.45) is 0. The Morgan fingerprint density at radius 2 is 1.91 bits per heavy atom. The predicted octanol–water partition coefficient (Wildman–Crippen LogP) is 5.22. The molecule has 4 aromatic rings. The summed E-state index contributed by atoms with van der Waals surface area (Å²) in [7, 11) is 1.55. The lowest BCUT2D eigenvalue weighted by atomic mass is 10.2. The minimum atomic E-state index is -0.286. The maximum absolute atomic E-state index is 13.3. The number of carbonyl (C=O) groups excluding carboxylic acids is 2. The van der Waals surface area contributed by atoms with E-state index in [1.165, 1.54) is 16.2 Å². The van der Waals surface area contributed by atoms with E-state index in [4.69, 9.17) is 16.3 Å². The number of hydrogen-bond acceptors (Lipinski definition) is 5. The monoisotopic (exact) mass is 496 g/mol. The summed E-state index contributed by atoms with van der Waals surface area (Å²) in [5.74, 6) is 0.0951. The Balaban J connectivity index is 1.51. The fraction of sp³-hybridized carbons (Fsp3) is 0.240. The molecule has 0 aliphatic carbocycles. The highest BCUT2D eigenvalue weighted by atomic mass is 35.5. The summed E-state index contributed by atoms with van der Waals surface area (Å²) in [6, 6.07) is 16.7. The van der Waals surface area contributed by atoms with Crippen molar-refractivity contribution in [2.45, 2.75) is 20.4 Å². The van der Waals surface area contributed by atoms with Crippen molar-refractivity contribution in [2.24, 2.45) is 0 Å². The van der Waals surface area contributed by atoms with Crippen LogP contribution in [0.5, 0.6) is 5.75 Å². The Kier molecular flexibility index (Phi) is 7.19. The third-order valence-corrected chi connectivity index (χ3v) is 6.84. The van der Waals surface area contributed by atoms with E-state index >= 15 is 0 Å². The number of carbonyl (C=O) groups is 2. The van der Waals surface area contributed by atoms with Gasteiger partial charge in [0.15, 0.2) is 0 Å². The van der Waals surface area contributed by atoms with Crippen LogP contribution in [0.15, 0.2) is 54.6 Å². The highest BCUT2D eigenvalue weighted by Crippen LogP contribution is 2.30. The molecule has 4 rings (SSSR count). The van der Waals surface area contributed by atoms with Gasteiger partial charge in [0.1, 0.15) is 17.1 Å². The van der Waals surface area contributed by atoms with Gasteiger partial charge in [0.05, 0.1) is 29.9 Å². The van der Waals surface area contributed by atoms with E-state index < -0.39 is 0 Å². The minimum Gasteiger partial charge on any atom is -0.495 e. The SMILES string of the molecule is CCN(CC(=O)Nc1ccccc1OC)C(=O)c1cc2c(C)nn(Cc3ccc(Cl)cc3)c2s1. The Labute approximate surface area is 206 Å². The molecule has 176 valence electrons. The number of anilines is 1. The second-order valence-electron chi connectivity index (χ2n) is 7.77. The molecule has 0 spiro atoms. The van der Waals surface area contributed by atoms with E-state index in [1.807, 2.05) is 61.0 Å². The lowest BCUT2D eigenvalue weighted by Crippen LogP contribution is -2.37. The van der Waals surface area contributed by atoms with Gasteiger partial charge in [-0.05, 0) is 49.7 Å². The number of aromatic nitrogens is 2. The molecule has 34 heavy (non-hydrogen) atoms. The van der Waals surface area contributed by atoms with Crippen molar-refractivity contribution < 1.29 is 14.3 Å². The second kappa shape index (κ2) is 10.3. The summed E-state index contributed by atoms with van der Waals surface area (Å²) >= 11 is 7.38. The quantitative estimate of drug-likeness (QED) is 0.363. The first-order valence-corrected chi connectivity index (χ1v) is 12.0. The summed E-state index contributed by atoms with van der Waals surface area (Å²) < 4.78 is 7.18. The molecule has 9 heteroatoms. The number of ether oxygens (including phenoxy) is 1. The number of aryl methyl sites for hydroxylation is 1. The fourth-order valence-corrected chi connectivity index (χ4v) is 4.94. The van der Waals surface area contributed by atoms with Crippen molar-refractivity contribution in [3.05, 3.63) is 75.8 Å². The molecule has 0 saturated carbocycles. The van der Waals surface area contributed by atoms with Gasteiger partial charge >= 0.3 is 0 Å². The predicted molar refractivity (Wildman–Crippen MR) is 136 cm³/mol. The number of amides is 2. The van der Waals surface area contributed by atoms with Gasteiger partial charge in [-0.25, -0.2) is 0 Å². The van der Waals surface area contributed by atoms with Crippen molar-refractivity contribution in [3.63, 3.8) is 0 Å². The van der Waals surface area contributed by atoms with Crippen LogP contribution in [0.2, 0.25) is 5.02 Å². The van der Waals surface area contributed by atoms with Crippen molar-refractivity contribution in [1.29, 1.82) is 0 Å². The summed E-state index contributed by atoms with van der Waals surface area (Å²) in [5.41, 5.74) is 2.49. The smallest absolute Gasteiger partial charge is 0.264 e. The largest absolute Gasteiger partial charge is 0.495 e. The zero-order valence-corrected chi connectivity index (χ0v) is 20.7. The van der Waals surface area contributed by atoms with Crippen LogP contribution < -0.4 is 10.1 Å². The van der Waals surface area contributed by atoms with E-state index in [0.717, 1.165) is 21.5 Å². The number of halogens is 1. The van der Waals surface area contributed by atoms with Gasteiger partial charge in [0.2, 0.25) is 5.91 Å². The number of benzene rings is 2. The van der Waals surface area contributed by atoms with Crippen LogP contribution >= 0.6 is 22.9 Å². The topological polar surface area (TPSA) is 76.5 Å². The van der Waals surface area contributed by atoms with Gasteiger partial charge in [-0.1, -0.05) is 35.9 Å². The Hall–Kier alpha value is -3.36. The Morgan fingerprint density at radius 1 is 1.18 bits per heavy atom. The lowest BCUT2D eigenvalue weighted by Gasteiger charge is -2.20. The number of fused-ring (bicyclic) bond motifs is 1. The molecule has 2 aromatic carbocycles. The van der Waals surface area contributed by atoms with Gasteiger partial charge in [0, 0.05) is 17.0 Å². The normalized spacial score (nSPS) is 10.9. The number of hydrogen-bond donors (Lipinski definition) is 1. The molecule has 0 fully saturated rings. The van der Waals surface area contributed by atoms with Crippen molar-refractivity contribution in [1.82, 2.24) is 14.7 Å². The molecule has 2 heterocycles. The molecule has 0 bridgehead atoms. The zero-order chi connectivity index (χ0) is 24.2. The molecule has 7 nitrogen and oxygen atoms in total. The number of methoxy groups -OCH3 is 1. The number of nitrogens with one attached hydrogen (secondary N) is 1. The molecule has 2 amide bonds. The number of nitrogens with zero attached hydrogens (tertiary/aromatic N) is 3. The van der Waals surface area contributed by atoms with Gasteiger partial charge in [-0.2, -0.15) is 5.10 Å². The third kappa shape index (κ3) is 5.08. The second-order valence-corrected chi connectivity index (χ2v) is 9.23. The van der Waals surface area contributed by atoms with E-state index in [-0.39, 0.29) is 18.4 Å². The average Bonchev–Trinajstić information content (AvgIpc) is 3.40. The van der Waals surface area contributed by atoms with Crippen molar-refractivity contribution in [2.75, 3.05) is 25.5 Å². The minimum absolute atomic E-state index is 0.0580. The molecule has 2 aromatic heterocycles. The van der Waals surface area contributed by atoms with E-state index in [0.29, 0.717) is 34.4 Å². The van der Waals surface area contributed by atoms with Crippen LogP contribution in [0, 0.1) is 6.92 Å². The van der Waals surface area contributed by atoms with Crippen LogP contribution in [0.4, 0.5) is 5.69 Å². The van der Waals surface area contributed by atoms with Crippen LogP contribution in [0.1, 0.15) is 27.9 Å². The first-order chi connectivity index (χ1) is 16.4. The van der Waals surface area contributed by atoms with Gasteiger partial charge in [0.25, 0.3) is 5.91 Å². The van der Waals surface area contributed by atoms with Crippen LogP contribution in [-0.4, -0.2) is 46.7 Å². The first kappa shape index (κ1) is 23.8. The standard InChI is InChI=1S/C25H25ClN4O3S/c1-4-29(15-23(31)27-20-7-5-6-8-21(20)33-3)24(32)22-13-19-16(2)28-30(25(19)34-22)14-17-9-11-18(26)12-10-17/h5-13H,4,14-15H2,1-3H3,(H,27,31). The zero-order valence-electron chi connectivity index (χ0n) is 19.2. The highest BCUT2D eigenvalue weighted by molar-refractivity contribution is 7.20. The van der Waals surface area contributed by atoms with Gasteiger partial charge in [-0.15, -0.1) is 11.3 Å². The van der Waals surface area contributed by atoms with Crippen LogP contribution in [0.25, 0.3) is 10.2 Å². The lowest BCUT2D eigenvalue weighted by molar-refractivity contribution is -0.116. The molecular formula is C25H25ClN4O3S. The van der Waals surface area contributed by atoms with Gasteiger partial charge < -0.3 is 15.0 Å². The number of likely N-dealkylation sites (N-methyl/N-ethyl adjacent to an activating group) is 1. The van der Waals surface area contributed by atoms with Crippen molar-refractivity contribution >= 4 is 50.7 Å². The van der Waals surface area contributed by atoms with E-state index in [2.05, 4.69) is 10.4 Å². The first-order valence-electron chi connectivity index (χ1n) is 10.8. The molecule has 0 saturated heterocycles. The maximum atomic E-state index is 13.3. The molecular weight excluding hydrogens is 472 g/mol. The highest BCUT2D eigenvalue weighted by Gasteiger charge is 2.22. The van der Waals surface area contributed by atoms with Gasteiger partial charge in [-0.3, -0.25) is 14.3 Å². The Morgan fingerprint density at radius 3 is 2.62 bits per heavy atom. The third-order valence-electron chi connectivity index (χ3n) is 5.45. The summed E-state index contributed by atoms with van der Waals surface area (Å²) in [5, 5.41) is 9.09. The number of para-hydroxylation sites is 2. The Bertz CT molecular complexity index is 1330. The summed E-state index contributed by atoms with van der Waals surface area (Å²) in [4.78, 5) is 29.0. The molecule has 0 aliphatic heterocycles. The van der Waals surface area contributed by atoms with E-state index in [9.17, 15) is 9.59 Å². The molecule has 0 radical (unpaired) electrons. The number of thiophene rings is 1. The fourth-order valence-electron chi connectivity index (χ4n) is 3.68. The van der Waals surface area contributed by atoms with Crippen LogP contribution in [0.3, 0.4) is 0 Å². The average molecular weight is 497 g/mol.